The van der Waals surface area contributed by atoms with Crippen LogP contribution in [0.15, 0.2) is 52.9 Å². The minimum absolute atomic E-state index is 0.434. The molecule has 0 fully saturated rings. The smallest absolute Gasteiger partial charge is 0.339 e. The maximum Gasteiger partial charge on any atom is 0.339 e. The highest BCUT2D eigenvalue weighted by Crippen LogP contribution is 2.32. The molecule has 1 atom stereocenters. The van der Waals surface area contributed by atoms with E-state index in [-0.39, 0.29) is 0 Å². The van der Waals surface area contributed by atoms with Gasteiger partial charge in [-0.15, -0.1) is 11.3 Å². The summed E-state index contributed by atoms with van der Waals surface area (Å²) in [5.74, 6) is -0.641. The average molecular weight is 372 g/mol. The third-order valence-electron chi connectivity index (χ3n) is 3.55. The number of primary amides is 1. The van der Waals surface area contributed by atoms with Gasteiger partial charge in [-0.05, 0) is 30.7 Å². The summed E-state index contributed by atoms with van der Waals surface area (Å²) in [7, 11) is 0. The Kier molecular flexibility index (Phi) is 5.35. The topological polar surface area (TPSA) is 82.3 Å². The fraction of sp³-hybridized carbons (Fsp3) is 0.167. The second kappa shape index (κ2) is 7.67. The van der Waals surface area contributed by atoms with Crippen molar-refractivity contribution in [2.24, 2.45) is 5.73 Å². The number of fused-ring (bicyclic) bond motifs is 1. The molecule has 1 heterocycles. The van der Waals surface area contributed by atoms with Crippen molar-refractivity contribution in [2.45, 2.75) is 23.1 Å². The summed E-state index contributed by atoms with van der Waals surface area (Å²) in [6.07, 6.45) is -0.961. The van der Waals surface area contributed by atoms with Crippen molar-refractivity contribution in [3.63, 3.8) is 0 Å². The summed E-state index contributed by atoms with van der Waals surface area (Å²) in [5, 5.41) is 0. The quantitative estimate of drug-likeness (QED) is 0.528. The summed E-state index contributed by atoms with van der Waals surface area (Å²) < 4.78 is 7.17. The van der Waals surface area contributed by atoms with Crippen molar-refractivity contribution in [2.75, 3.05) is 0 Å². The van der Waals surface area contributed by atoms with Gasteiger partial charge in [0, 0.05) is 5.75 Å². The van der Waals surface area contributed by atoms with Crippen LogP contribution in [0.2, 0.25) is 0 Å². The van der Waals surface area contributed by atoms with Gasteiger partial charge in [-0.25, -0.2) is 9.78 Å². The van der Waals surface area contributed by atoms with Gasteiger partial charge in [0.1, 0.15) is 0 Å². The number of ether oxygens (including phenoxy) is 1. The van der Waals surface area contributed by atoms with Gasteiger partial charge in [0.15, 0.2) is 10.4 Å². The third kappa shape index (κ3) is 4.18. The predicted octanol–water partition coefficient (Wildman–Crippen LogP) is 3.62. The fourth-order valence-corrected chi connectivity index (χ4v) is 4.25. The van der Waals surface area contributed by atoms with Crippen LogP contribution in [-0.2, 0) is 15.3 Å². The van der Waals surface area contributed by atoms with E-state index in [1.165, 1.54) is 6.92 Å². The van der Waals surface area contributed by atoms with Gasteiger partial charge >= 0.3 is 5.97 Å². The minimum Gasteiger partial charge on any atom is -0.449 e. The highest BCUT2D eigenvalue weighted by molar-refractivity contribution is 8.00. The molecule has 0 saturated carbocycles. The first-order chi connectivity index (χ1) is 12.0. The molecule has 25 heavy (non-hydrogen) atoms. The summed E-state index contributed by atoms with van der Waals surface area (Å²) in [4.78, 5) is 27.9. The van der Waals surface area contributed by atoms with Gasteiger partial charge in [-0.2, -0.15) is 0 Å². The van der Waals surface area contributed by atoms with Gasteiger partial charge in [-0.1, -0.05) is 42.1 Å². The molecule has 0 aliphatic carbocycles. The molecule has 1 aromatic heterocycles. The van der Waals surface area contributed by atoms with Crippen LogP contribution in [0, 0.1) is 0 Å². The molecule has 0 radical (unpaired) electrons. The van der Waals surface area contributed by atoms with Gasteiger partial charge in [-0.3, -0.25) is 4.79 Å². The maximum absolute atomic E-state index is 12.3. The van der Waals surface area contributed by atoms with Crippen molar-refractivity contribution >= 4 is 45.2 Å². The number of hydrogen-bond donors (Lipinski definition) is 1. The lowest BCUT2D eigenvalue weighted by atomic mass is 10.1. The monoisotopic (exact) mass is 372 g/mol. The molecule has 2 N–H and O–H groups in total. The number of amides is 1. The zero-order chi connectivity index (χ0) is 17.8. The molecule has 3 rings (SSSR count). The molecule has 1 amide bonds. The van der Waals surface area contributed by atoms with E-state index in [0.29, 0.717) is 11.3 Å². The highest BCUT2D eigenvalue weighted by atomic mass is 32.2. The number of thioether (sulfide) groups is 1. The Balaban J connectivity index is 1.74. The normalized spacial score (nSPS) is 12.0. The molecule has 0 aliphatic rings. The second-order valence-corrected chi connectivity index (χ2v) is 7.60. The highest BCUT2D eigenvalue weighted by Gasteiger charge is 2.18. The van der Waals surface area contributed by atoms with Crippen molar-refractivity contribution in [1.29, 1.82) is 0 Å². The largest absolute Gasteiger partial charge is 0.449 e. The summed E-state index contributed by atoms with van der Waals surface area (Å²) >= 11 is 3.18. The zero-order valence-corrected chi connectivity index (χ0v) is 15.1. The lowest BCUT2D eigenvalue weighted by molar-refractivity contribution is -0.125. The first kappa shape index (κ1) is 17.4. The van der Waals surface area contributed by atoms with Gasteiger partial charge in [0.2, 0.25) is 0 Å². The molecule has 0 bridgehead atoms. The molecule has 0 saturated heterocycles. The Morgan fingerprint density at radius 1 is 1.20 bits per heavy atom. The van der Waals surface area contributed by atoms with Crippen LogP contribution in [0.25, 0.3) is 10.2 Å². The first-order valence-corrected chi connectivity index (χ1v) is 9.41. The van der Waals surface area contributed by atoms with Crippen molar-refractivity contribution in [1.82, 2.24) is 4.98 Å². The molecule has 5 nitrogen and oxygen atoms in total. The Hall–Kier alpha value is -2.38. The number of para-hydroxylation sites is 1. The van der Waals surface area contributed by atoms with Crippen LogP contribution in [0.1, 0.15) is 22.8 Å². The van der Waals surface area contributed by atoms with Crippen molar-refractivity contribution in [3.05, 3.63) is 59.7 Å². The Morgan fingerprint density at radius 2 is 1.92 bits per heavy atom. The molecule has 2 aromatic carbocycles. The number of carbonyl (C=O) groups excluding carboxylic acids is 2. The van der Waals surface area contributed by atoms with Crippen LogP contribution in [0.3, 0.4) is 0 Å². The van der Waals surface area contributed by atoms with Gasteiger partial charge < -0.3 is 10.5 Å². The molecule has 0 unspecified atom stereocenters. The van der Waals surface area contributed by atoms with Crippen molar-refractivity contribution < 1.29 is 14.3 Å². The zero-order valence-electron chi connectivity index (χ0n) is 13.5. The van der Waals surface area contributed by atoms with Gasteiger partial charge in [0.25, 0.3) is 5.91 Å². The van der Waals surface area contributed by atoms with Crippen LogP contribution < -0.4 is 5.73 Å². The SMILES string of the molecule is C[C@@H](OC(=O)c1ccccc1CSc1nc2ccccc2s1)C(N)=O. The van der Waals surface area contributed by atoms with E-state index >= 15 is 0 Å². The standard InChI is InChI=1S/C18H16N2O3S2/c1-11(16(19)21)23-17(22)13-7-3-2-6-12(13)10-24-18-20-14-8-4-5-9-15(14)25-18/h2-9,11H,10H2,1H3,(H2,19,21)/t11-/m1/s1. The number of esters is 1. The molecule has 0 aliphatic heterocycles. The number of thiazole rings is 1. The molecule has 3 aromatic rings. The van der Waals surface area contributed by atoms with Crippen LogP contribution in [0.4, 0.5) is 0 Å². The van der Waals surface area contributed by atoms with E-state index < -0.39 is 18.0 Å². The third-order valence-corrected chi connectivity index (χ3v) is 5.78. The Labute approximate surface area is 153 Å². The maximum atomic E-state index is 12.3. The van der Waals surface area contributed by atoms with Crippen LogP contribution >= 0.6 is 23.1 Å². The molecule has 128 valence electrons. The predicted molar refractivity (Wildman–Crippen MR) is 99.7 cm³/mol. The Morgan fingerprint density at radius 3 is 2.68 bits per heavy atom. The number of benzene rings is 2. The van der Waals surface area contributed by atoms with Crippen LogP contribution in [-0.4, -0.2) is 23.0 Å². The first-order valence-electron chi connectivity index (χ1n) is 7.61. The summed E-state index contributed by atoms with van der Waals surface area (Å²) in [6, 6.07) is 15.1. The van der Waals surface area contributed by atoms with E-state index in [0.717, 1.165) is 20.1 Å². The number of rotatable bonds is 6. The number of nitrogens with two attached hydrogens (primary N) is 1. The summed E-state index contributed by atoms with van der Waals surface area (Å²) in [5.41, 5.74) is 7.38. The van der Waals surface area contributed by atoms with E-state index in [2.05, 4.69) is 4.98 Å². The fourth-order valence-electron chi connectivity index (χ4n) is 2.18. The average Bonchev–Trinajstić information content (AvgIpc) is 3.03. The minimum atomic E-state index is -0.961. The van der Waals surface area contributed by atoms with E-state index in [1.54, 1.807) is 35.2 Å². The molecular weight excluding hydrogens is 356 g/mol. The van der Waals surface area contributed by atoms with E-state index in [9.17, 15) is 9.59 Å². The number of carbonyl (C=O) groups is 2. The molecular formula is C18H16N2O3S2. The summed E-state index contributed by atoms with van der Waals surface area (Å²) in [6.45, 7) is 1.46. The number of aromatic nitrogens is 1. The Bertz CT molecular complexity index is 890. The van der Waals surface area contributed by atoms with Crippen molar-refractivity contribution in [3.8, 4) is 0 Å². The number of nitrogens with zero attached hydrogens (tertiary/aromatic N) is 1. The molecule has 0 spiro atoms. The van der Waals surface area contributed by atoms with E-state index in [1.807, 2.05) is 36.4 Å². The molecule has 7 heteroatoms. The lowest BCUT2D eigenvalue weighted by Gasteiger charge is -2.12. The lowest BCUT2D eigenvalue weighted by Crippen LogP contribution is -2.30. The second-order valence-electron chi connectivity index (χ2n) is 5.34. The van der Waals surface area contributed by atoms with E-state index in [4.69, 9.17) is 10.5 Å². The number of hydrogen-bond acceptors (Lipinski definition) is 6. The van der Waals surface area contributed by atoms with Crippen LogP contribution in [0.5, 0.6) is 0 Å². The van der Waals surface area contributed by atoms with Gasteiger partial charge in [0.05, 0.1) is 15.8 Å².